The van der Waals surface area contributed by atoms with Crippen molar-refractivity contribution in [1.82, 2.24) is 5.32 Å². The highest BCUT2D eigenvalue weighted by Crippen LogP contribution is 2.22. The second kappa shape index (κ2) is 7.53. The van der Waals surface area contributed by atoms with Gasteiger partial charge in [0.1, 0.15) is 5.82 Å². The van der Waals surface area contributed by atoms with E-state index in [1.807, 2.05) is 0 Å². The number of carbonyl (C=O) groups is 2. The number of carbonyl (C=O) groups excluding carboxylic acids is 2. The van der Waals surface area contributed by atoms with Crippen LogP contribution in [0.1, 0.15) is 18.9 Å². The molecule has 1 aromatic rings. The first-order valence-corrected chi connectivity index (χ1v) is 9.60. The zero-order valence-electron chi connectivity index (χ0n) is 13.4. The van der Waals surface area contributed by atoms with Crippen molar-refractivity contribution in [2.75, 3.05) is 18.1 Å². The van der Waals surface area contributed by atoms with E-state index < -0.39 is 39.7 Å². The lowest BCUT2D eigenvalue weighted by molar-refractivity contribution is -0.144. The SMILES string of the molecule is C[C@@]1(NC(=O)COC(=O)/C=C/c2ccc(F)c(Cl)c2)CCS(=O)(=O)C1. The summed E-state index contributed by atoms with van der Waals surface area (Å²) in [6.45, 7) is 1.11. The number of ether oxygens (including phenoxy) is 1. The summed E-state index contributed by atoms with van der Waals surface area (Å²) in [6.07, 6.45) is 2.77. The Morgan fingerprint density at radius 1 is 1.44 bits per heavy atom. The number of halogens is 2. The van der Waals surface area contributed by atoms with E-state index in [-0.39, 0.29) is 16.5 Å². The average molecular weight is 390 g/mol. The molecular weight excluding hydrogens is 373 g/mol. The second-order valence-electron chi connectivity index (χ2n) is 6.07. The molecule has 0 aromatic heterocycles. The van der Waals surface area contributed by atoms with E-state index in [1.54, 1.807) is 6.92 Å². The minimum Gasteiger partial charge on any atom is -0.452 e. The van der Waals surface area contributed by atoms with Crippen LogP contribution in [0.2, 0.25) is 5.02 Å². The van der Waals surface area contributed by atoms with Gasteiger partial charge >= 0.3 is 5.97 Å². The minimum atomic E-state index is -3.15. The minimum absolute atomic E-state index is 0.0204. The molecule has 1 saturated heterocycles. The summed E-state index contributed by atoms with van der Waals surface area (Å²) in [7, 11) is -3.15. The molecule has 0 unspecified atom stereocenters. The summed E-state index contributed by atoms with van der Waals surface area (Å²) in [4.78, 5) is 23.4. The molecule has 1 N–H and O–H groups in total. The van der Waals surface area contributed by atoms with Crippen LogP contribution in [-0.2, 0) is 24.2 Å². The maximum Gasteiger partial charge on any atom is 0.331 e. The molecule has 0 saturated carbocycles. The highest BCUT2D eigenvalue weighted by Gasteiger charge is 2.39. The molecule has 1 heterocycles. The number of benzene rings is 1. The van der Waals surface area contributed by atoms with Crippen LogP contribution in [0, 0.1) is 5.82 Å². The van der Waals surface area contributed by atoms with Crippen molar-refractivity contribution in [3.63, 3.8) is 0 Å². The number of esters is 1. The molecule has 25 heavy (non-hydrogen) atoms. The van der Waals surface area contributed by atoms with E-state index in [1.165, 1.54) is 18.2 Å². The molecule has 1 aliphatic heterocycles. The number of sulfone groups is 1. The maximum atomic E-state index is 13.0. The van der Waals surface area contributed by atoms with E-state index in [0.717, 1.165) is 12.1 Å². The topological polar surface area (TPSA) is 89.5 Å². The van der Waals surface area contributed by atoms with Gasteiger partial charge in [0, 0.05) is 6.08 Å². The molecule has 1 amide bonds. The van der Waals surface area contributed by atoms with Crippen molar-refractivity contribution < 1.29 is 27.1 Å². The van der Waals surface area contributed by atoms with E-state index in [4.69, 9.17) is 16.3 Å². The summed E-state index contributed by atoms with van der Waals surface area (Å²) >= 11 is 5.63. The monoisotopic (exact) mass is 389 g/mol. The number of amides is 1. The van der Waals surface area contributed by atoms with Gasteiger partial charge in [0.05, 0.1) is 22.1 Å². The maximum absolute atomic E-state index is 13.0. The summed E-state index contributed by atoms with van der Waals surface area (Å²) in [5.41, 5.74) is -0.347. The van der Waals surface area contributed by atoms with Crippen molar-refractivity contribution >= 4 is 39.4 Å². The number of hydrogen-bond donors (Lipinski definition) is 1. The van der Waals surface area contributed by atoms with E-state index >= 15 is 0 Å². The van der Waals surface area contributed by atoms with Crippen molar-refractivity contribution in [3.05, 3.63) is 40.7 Å². The van der Waals surface area contributed by atoms with Gasteiger partial charge in [-0.3, -0.25) is 4.79 Å². The molecule has 136 valence electrons. The Labute approximate surface area is 149 Å². The molecule has 1 fully saturated rings. The molecule has 1 aromatic carbocycles. The van der Waals surface area contributed by atoms with Crippen LogP contribution in [0.3, 0.4) is 0 Å². The summed E-state index contributed by atoms with van der Waals surface area (Å²) < 4.78 is 40.8. The molecule has 1 aliphatic rings. The van der Waals surface area contributed by atoms with Crippen molar-refractivity contribution in [3.8, 4) is 0 Å². The van der Waals surface area contributed by atoms with Crippen LogP contribution in [0.4, 0.5) is 4.39 Å². The van der Waals surface area contributed by atoms with Crippen molar-refractivity contribution in [1.29, 1.82) is 0 Å². The highest BCUT2D eigenvalue weighted by molar-refractivity contribution is 7.91. The quantitative estimate of drug-likeness (QED) is 0.612. The largest absolute Gasteiger partial charge is 0.452 e. The molecule has 2 rings (SSSR count). The van der Waals surface area contributed by atoms with Gasteiger partial charge in [0.2, 0.25) is 0 Å². The summed E-state index contributed by atoms with van der Waals surface area (Å²) in [5.74, 6) is -2.02. The van der Waals surface area contributed by atoms with E-state index in [0.29, 0.717) is 12.0 Å². The molecule has 0 aliphatic carbocycles. The molecule has 0 radical (unpaired) electrons. The Hall–Kier alpha value is -1.93. The standard InChI is InChI=1S/C16H17ClFNO5S/c1-16(6-7-25(22,23)10-16)19-14(20)9-24-15(21)5-3-11-2-4-13(18)12(17)8-11/h2-5,8H,6-7,9-10H2,1H3,(H,19,20)/b5-3+/t16-/m1/s1. The van der Waals surface area contributed by atoms with Gasteiger partial charge in [-0.2, -0.15) is 0 Å². The number of hydrogen-bond acceptors (Lipinski definition) is 5. The Bertz CT molecular complexity index is 824. The Morgan fingerprint density at radius 2 is 2.16 bits per heavy atom. The third kappa shape index (κ3) is 5.82. The fraction of sp³-hybridized carbons (Fsp3) is 0.375. The summed E-state index contributed by atoms with van der Waals surface area (Å²) in [6, 6.07) is 3.94. The third-order valence-corrected chi connectivity index (χ3v) is 5.84. The van der Waals surface area contributed by atoms with Gasteiger partial charge in [0.25, 0.3) is 5.91 Å². The third-order valence-electron chi connectivity index (χ3n) is 3.65. The average Bonchev–Trinajstić information content (AvgIpc) is 2.79. The lowest BCUT2D eigenvalue weighted by Crippen LogP contribution is -2.48. The van der Waals surface area contributed by atoms with Gasteiger partial charge in [-0.1, -0.05) is 17.7 Å². The normalized spacial score (nSPS) is 22.0. The number of nitrogens with one attached hydrogen (secondary N) is 1. The van der Waals surface area contributed by atoms with Crippen LogP contribution in [0.15, 0.2) is 24.3 Å². The lowest BCUT2D eigenvalue weighted by Gasteiger charge is -2.23. The lowest BCUT2D eigenvalue weighted by atomic mass is 10.0. The Balaban J connectivity index is 1.82. The molecule has 9 heteroatoms. The predicted molar refractivity (Wildman–Crippen MR) is 91.2 cm³/mol. The van der Waals surface area contributed by atoms with Crippen molar-refractivity contribution in [2.45, 2.75) is 18.9 Å². The van der Waals surface area contributed by atoms with Gasteiger partial charge < -0.3 is 10.1 Å². The van der Waals surface area contributed by atoms with Gasteiger partial charge in [0.15, 0.2) is 16.4 Å². The Morgan fingerprint density at radius 3 is 2.76 bits per heavy atom. The number of rotatable bonds is 5. The zero-order valence-corrected chi connectivity index (χ0v) is 15.0. The van der Waals surface area contributed by atoms with Gasteiger partial charge in [-0.05, 0) is 37.1 Å². The predicted octanol–water partition coefficient (Wildman–Crippen LogP) is 1.73. The highest BCUT2D eigenvalue weighted by atomic mass is 35.5. The molecule has 1 atom stereocenters. The fourth-order valence-corrected chi connectivity index (χ4v) is 4.73. The van der Waals surface area contributed by atoms with Gasteiger partial charge in [-0.15, -0.1) is 0 Å². The first kappa shape index (κ1) is 19.4. The second-order valence-corrected chi connectivity index (χ2v) is 8.66. The molecule has 0 spiro atoms. The van der Waals surface area contributed by atoms with E-state index in [9.17, 15) is 22.4 Å². The Kier molecular flexibility index (Phi) is 5.84. The zero-order chi connectivity index (χ0) is 18.7. The van der Waals surface area contributed by atoms with Crippen LogP contribution >= 0.6 is 11.6 Å². The smallest absolute Gasteiger partial charge is 0.331 e. The summed E-state index contributed by atoms with van der Waals surface area (Å²) in [5, 5.41) is 2.50. The van der Waals surface area contributed by atoms with Crippen molar-refractivity contribution in [2.24, 2.45) is 0 Å². The van der Waals surface area contributed by atoms with E-state index in [2.05, 4.69) is 5.32 Å². The molecule has 0 bridgehead atoms. The van der Waals surface area contributed by atoms with Gasteiger partial charge in [-0.25, -0.2) is 17.6 Å². The van der Waals surface area contributed by atoms with Crippen LogP contribution in [-0.4, -0.2) is 43.9 Å². The first-order valence-electron chi connectivity index (χ1n) is 7.40. The molecular formula is C16H17ClFNO5S. The van der Waals surface area contributed by atoms with Crippen LogP contribution < -0.4 is 5.32 Å². The fourth-order valence-electron chi connectivity index (χ4n) is 2.45. The van der Waals surface area contributed by atoms with Crippen LogP contribution in [0.25, 0.3) is 6.08 Å². The molecule has 6 nitrogen and oxygen atoms in total. The first-order chi connectivity index (χ1) is 11.6. The van der Waals surface area contributed by atoms with Crippen LogP contribution in [0.5, 0.6) is 0 Å².